The van der Waals surface area contributed by atoms with Crippen LogP contribution < -0.4 is 9.47 Å². The van der Waals surface area contributed by atoms with Crippen molar-refractivity contribution in [3.8, 4) is 11.5 Å². The number of rotatable bonds is 5. The van der Waals surface area contributed by atoms with Crippen LogP contribution in [-0.2, 0) is 13.0 Å². The van der Waals surface area contributed by atoms with Gasteiger partial charge in [0.2, 0.25) is 0 Å². The summed E-state index contributed by atoms with van der Waals surface area (Å²) in [5.41, 5.74) is 2.04. The predicted octanol–water partition coefficient (Wildman–Crippen LogP) is 3.98. The van der Waals surface area contributed by atoms with Crippen LogP contribution >= 0.6 is 0 Å². The first kappa shape index (κ1) is 13.4. The van der Waals surface area contributed by atoms with Gasteiger partial charge in [0.05, 0.1) is 7.11 Å². The van der Waals surface area contributed by atoms with E-state index in [1.54, 1.807) is 12.1 Å². The number of aryl methyl sites for hydroxylation is 1. The Balaban J connectivity index is 1.99. The number of benzene rings is 2. The molecule has 0 aromatic heterocycles. The minimum absolute atomic E-state index is 0.246. The van der Waals surface area contributed by atoms with Crippen LogP contribution in [0.4, 0.5) is 4.39 Å². The van der Waals surface area contributed by atoms with E-state index in [4.69, 9.17) is 9.47 Å². The molecule has 2 nitrogen and oxygen atoms in total. The van der Waals surface area contributed by atoms with Crippen LogP contribution in [0.25, 0.3) is 0 Å². The molecule has 0 atom stereocenters. The smallest absolute Gasteiger partial charge is 0.165 e. The lowest BCUT2D eigenvalue weighted by molar-refractivity contribution is 0.304. The predicted molar refractivity (Wildman–Crippen MR) is 73.1 cm³/mol. The lowest BCUT2D eigenvalue weighted by Crippen LogP contribution is -1.97. The molecule has 0 aliphatic rings. The van der Waals surface area contributed by atoms with Gasteiger partial charge >= 0.3 is 0 Å². The largest absolute Gasteiger partial charge is 0.494 e. The molecule has 0 spiro atoms. The molecule has 0 aliphatic carbocycles. The Labute approximate surface area is 112 Å². The van der Waals surface area contributed by atoms with Gasteiger partial charge < -0.3 is 9.47 Å². The molecule has 100 valence electrons. The third-order valence-corrected chi connectivity index (χ3v) is 2.95. The summed E-state index contributed by atoms with van der Waals surface area (Å²) in [6, 6.07) is 12.8. The van der Waals surface area contributed by atoms with Gasteiger partial charge in [-0.1, -0.05) is 25.1 Å². The summed E-state index contributed by atoms with van der Waals surface area (Å²) in [4.78, 5) is 0. The Morgan fingerprint density at radius 2 is 1.68 bits per heavy atom. The molecule has 2 aromatic rings. The first-order chi connectivity index (χ1) is 9.22. The number of hydrogen-bond acceptors (Lipinski definition) is 2. The monoisotopic (exact) mass is 260 g/mol. The fourth-order valence-corrected chi connectivity index (χ4v) is 1.79. The van der Waals surface area contributed by atoms with E-state index in [0.29, 0.717) is 6.61 Å². The van der Waals surface area contributed by atoms with Crippen molar-refractivity contribution in [2.24, 2.45) is 0 Å². The molecule has 0 heterocycles. The normalized spacial score (nSPS) is 10.3. The third-order valence-electron chi connectivity index (χ3n) is 2.95. The Hall–Kier alpha value is -2.03. The van der Waals surface area contributed by atoms with Crippen molar-refractivity contribution < 1.29 is 13.9 Å². The first-order valence-electron chi connectivity index (χ1n) is 6.27. The molecular formula is C16H17FO2. The Morgan fingerprint density at radius 1 is 1.00 bits per heavy atom. The molecular weight excluding hydrogens is 243 g/mol. The van der Waals surface area contributed by atoms with E-state index in [1.807, 2.05) is 24.3 Å². The van der Waals surface area contributed by atoms with Gasteiger partial charge in [-0.3, -0.25) is 0 Å². The fraction of sp³-hybridized carbons (Fsp3) is 0.250. The van der Waals surface area contributed by atoms with Crippen molar-refractivity contribution in [2.45, 2.75) is 20.0 Å². The van der Waals surface area contributed by atoms with Gasteiger partial charge in [-0.25, -0.2) is 4.39 Å². The zero-order valence-electron chi connectivity index (χ0n) is 11.2. The molecule has 3 heteroatoms. The highest BCUT2D eigenvalue weighted by molar-refractivity contribution is 5.30. The van der Waals surface area contributed by atoms with E-state index in [1.165, 1.54) is 18.7 Å². The van der Waals surface area contributed by atoms with Crippen LogP contribution in [0.2, 0.25) is 0 Å². The summed E-state index contributed by atoms with van der Waals surface area (Å²) in [6.07, 6.45) is 1.00. The zero-order chi connectivity index (χ0) is 13.7. The van der Waals surface area contributed by atoms with E-state index in [2.05, 4.69) is 6.92 Å². The SMILES string of the molecule is CCc1ccc(OCc2ccc(OC)c(F)c2)cc1. The van der Waals surface area contributed by atoms with Crippen molar-refractivity contribution in [3.63, 3.8) is 0 Å². The van der Waals surface area contributed by atoms with Crippen LogP contribution in [-0.4, -0.2) is 7.11 Å². The quantitative estimate of drug-likeness (QED) is 0.809. The number of halogens is 1. The highest BCUT2D eigenvalue weighted by Gasteiger charge is 2.04. The molecule has 0 N–H and O–H groups in total. The minimum atomic E-state index is -0.370. The molecule has 0 amide bonds. The van der Waals surface area contributed by atoms with Gasteiger partial charge in [0.25, 0.3) is 0 Å². The van der Waals surface area contributed by atoms with Gasteiger partial charge in [0, 0.05) is 0 Å². The fourth-order valence-electron chi connectivity index (χ4n) is 1.79. The summed E-state index contributed by atoms with van der Waals surface area (Å²) in [7, 11) is 1.45. The van der Waals surface area contributed by atoms with Gasteiger partial charge in [0.15, 0.2) is 11.6 Å². The number of hydrogen-bond donors (Lipinski definition) is 0. The lowest BCUT2D eigenvalue weighted by Gasteiger charge is -2.08. The van der Waals surface area contributed by atoms with Gasteiger partial charge in [-0.15, -0.1) is 0 Å². The van der Waals surface area contributed by atoms with E-state index < -0.39 is 0 Å². The highest BCUT2D eigenvalue weighted by Crippen LogP contribution is 2.19. The van der Waals surface area contributed by atoms with E-state index in [0.717, 1.165) is 17.7 Å². The van der Waals surface area contributed by atoms with E-state index >= 15 is 0 Å². The molecule has 2 rings (SSSR count). The van der Waals surface area contributed by atoms with Crippen LogP contribution in [0.15, 0.2) is 42.5 Å². The van der Waals surface area contributed by atoms with Crippen molar-refractivity contribution in [2.75, 3.05) is 7.11 Å². The third kappa shape index (κ3) is 3.47. The van der Waals surface area contributed by atoms with Gasteiger partial charge in [-0.05, 0) is 41.8 Å². The summed E-state index contributed by atoms with van der Waals surface area (Å²) in [6.45, 7) is 2.45. The van der Waals surface area contributed by atoms with E-state index in [9.17, 15) is 4.39 Å². The summed E-state index contributed by atoms with van der Waals surface area (Å²) < 4.78 is 24.0. The van der Waals surface area contributed by atoms with Crippen LogP contribution in [0.3, 0.4) is 0 Å². The van der Waals surface area contributed by atoms with Crippen molar-refractivity contribution in [1.29, 1.82) is 0 Å². The maximum Gasteiger partial charge on any atom is 0.165 e. The highest BCUT2D eigenvalue weighted by atomic mass is 19.1. The molecule has 0 unspecified atom stereocenters. The average Bonchev–Trinajstić information content (AvgIpc) is 2.46. The minimum Gasteiger partial charge on any atom is -0.494 e. The average molecular weight is 260 g/mol. The number of methoxy groups -OCH3 is 1. The van der Waals surface area contributed by atoms with Crippen LogP contribution in [0.1, 0.15) is 18.1 Å². The Kier molecular flexibility index (Phi) is 4.39. The summed E-state index contributed by atoms with van der Waals surface area (Å²) in [5.74, 6) is 0.661. The molecule has 0 aliphatic heterocycles. The molecule has 0 saturated heterocycles. The van der Waals surface area contributed by atoms with Crippen LogP contribution in [0.5, 0.6) is 11.5 Å². The van der Waals surface area contributed by atoms with Crippen molar-refractivity contribution in [3.05, 3.63) is 59.4 Å². The second-order valence-electron chi connectivity index (χ2n) is 4.26. The molecule has 0 radical (unpaired) electrons. The lowest BCUT2D eigenvalue weighted by atomic mass is 10.2. The maximum absolute atomic E-state index is 13.5. The molecule has 19 heavy (non-hydrogen) atoms. The second-order valence-corrected chi connectivity index (χ2v) is 4.26. The molecule has 0 saturated carbocycles. The topological polar surface area (TPSA) is 18.5 Å². The van der Waals surface area contributed by atoms with E-state index in [-0.39, 0.29) is 11.6 Å². The number of ether oxygens (including phenoxy) is 2. The van der Waals surface area contributed by atoms with Gasteiger partial charge in [0.1, 0.15) is 12.4 Å². The summed E-state index contributed by atoms with van der Waals surface area (Å²) in [5, 5.41) is 0. The van der Waals surface area contributed by atoms with Gasteiger partial charge in [-0.2, -0.15) is 0 Å². The van der Waals surface area contributed by atoms with Crippen molar-refractivity contribution in [1.82, 2.24) is 0 Å². The van der Waals surface area contributed by atoms with Crippen LogP contribution in [0, 0.1) is 5.82 Å². The Bertz CT molecular complexity index is 535. The van der Waals surface area contributed by atoms with Crippen molar-refractivity contribution >= 4 is 0 Å². The Morgan fingerprint density at radius 3 is 2.26 bits per heavy atom. The molecule has 0 bridgehead atoms. The first-order valence-corrected chi connectivity index (χ1v) is 6.27. The maximum atomic E-state index is 13.5. The zero-order valence-corrected chi connectivity index (χ0v) is 11.2. The second kappa shape index (κ2) is 6.23. The standard InChI is InChI=1S/C16H17FO2/c1-3-12-4-7-14(8-5-12)19-11-13-6-9-16(18-2)15(17)10-13/h4-10H,3,11H2,1-2H3. The molecule has 2 aromatic carbocycles. The summed E-state index contributed by atoms with van der Waals surface area (Å²) >= 11 is 0. The molecule has 0 fully saturated rings.